The molecule has 2 saturated heterocycles. The zero-order chi connectivity index (χ0) is 17.2. The maximum atomic E-state index is 12.4. The molecule has 1 aromatic carbocycles. The fraction of sp³-hybridized carbons (Fsp3) is 0.556. The van der Waals surface area contributed by atoms with Crippen molar-refractivity contribution in [1.82, 2.24) is 10.2 Å². The van der Waals surface area contributed by atoms with Gasteiger partial charge in [-0.2, -0.15) is 0 Å². The number of piperidine rings is 1. The summed E-state index contributed by atoms with van der Waals surface area (Å²) in [5.41, 5.74) is 0.781. The Morgan fingerprint density at radius 2 is 1.84 bits per heavy atom. The Morgan fingerprint density at radius 1 is 1.08 bits per heavy atom. The number of hydrogen-bond acceptors (Lipinski definition) is 4. The third kappa shape index (κ3) is 3.36. The Kier molecular flexibility index (Phi) is 4.38. The highest BCUT2D eigenvalue weighted by molar-refractivity contribution is 5.97. The van der Waals surface area contributed by atoms with E-state index < -0.39 is 0 Å². The fourth-order valence-electron chi connectivity index (χ4n) is 3.62. The molecule has 7 heteroatoms. The number of benzene rings is 1. The maximum Gasteiger partial charge on any atom is 0.317 e. The van der Waals surface area contributed by atoms with Crippen LogP contribution in [0.15, 0.2) is 18.2 Å². The van der Waals surface area contributed by atoms with E-state index in [1.807, 2.05) is 23.1 Å². The summed E-state index contributed by atoms with van der Waals surface area (Å²) in [6.07, 6.45) is 3.62. The number of fused-ring (bicyclic) bond motifs is 1. The maximum absolute atomic E-state index is 12.4. The molecule has 0 radical (unpaired) electrons. The number of likely N-dealkylation sites (tertiary alicyclic amines) is 1. The Labute approximate surface area is 146 Å². The number of hydrogen-bond donors (Lipinski definition) is 1. The van der Waals surface area contributed by atoms with Gasteiger partial charge in [-0.15, -0.1) is 0 Å². The average Bonchev–Trinajstić information content (AvgIpc) is 3.02. The number of nitrogens with zero attached hydrogens (tertiary/aromatic N) is 2. The topological polar surface area (TPSA) is 71.1 Å². The van der Waals surface area contributed by atoms with Crippen LogP contribution in [-0.2, 0) is 4.79 Å². The van der Waals surface area contributed by atoms with Crippen LogP contribution in [0.4, 0.5) is 10.5 Å². The van der Waals surface area contributed by atoms with Crippen molar-refractivity contribution < 1.29 is 19.1 Å². The molecule has 0 unspecified atom stereocenters. The van der Waals surface area contributed by atoms with E-state index in [0.717, 1.165) is 31.6 Å². The third-order valence-electron chi connectivity index (χ3n) is 4.93. The molecular weight excluding hydrogens is 322 g/mol. The van der Waals surface area contributed by atoms with Gasteiger partial charge in [-0.25, -0.2) is 4.79 Å². The number of ether oxygens (including phenoxy) is 2. The number of anilines is 1. The second-order valence-corrected chi connectivity index (χ2v) is 6.73. The van der Waals surface area contributed by atoms with Gasteiger partial charge in [0, 0.05) is 37.8 Å². The minimum atomic E-state index is -0.157. The summed E-state index contributed by atoms with van der Waals surface area (Å²) in [7, 11) is 0. The first-order chi connectivity index (χ1) is 12.2. The Hall–Kier alpha value is -2.44. The van der Waals surface area contributed by atoms with E-state index >= 15 is 0 Å². The summed E-state index contributed by atoms with van der Waals surface area (Å²) in [6, 6.07) is 5.31. The molecule has 1 aromatic rings. The minimum absolute atomic E-state index is 0.0145. The summed E-state index contributed by atoms with van der Waals surface area (Å²) >= 11 is 0. The number of carbonyl (C=O) groups is 2. The van der Waals surface area contributed by atoms with Crippen LogP contribution >= 0.6 is 0 Å². The van der Waals surface area contributed by atoms with Crippen molar-refractivity contribution in [3.05, 3.63) is 18.2 Å². The first kappa shape index (κ1) is 16.1. The van der Waals surface area contributed by atoms with Gasteiger partial charge in [0.2, 0.25) is 5.91 Å². The molecule has 1 N–H and O–H groups in total. The highest BCUT2D eigenvalue weighted by Crippen LogP contribution is 2.35. The van der Waals surface area contributed by atoms with E-state index in [1.165, 1.54) is 6.42 Å². The number of rotatable bonds is 2. The van der Waals surface area contributed by atoms with E-state index in [9.17, 15) is 9.59 Å². The number of nitrogens with one attached hydrogen (secondary N) is 1. The Balaban J connectivity index is 1.41. The van der Waals surface area contributed by atoms with Crippen LogP contribution in [0.5, 0.6) is 11.5 Å². The molecule has 7 nitrogen and oxygen atoms in total. The smallest absolute Gasteiger partial charge is 0.317 e. The number of amides is 3. The van der Waals surface area contributed by atoms with Gasteiger partial charge in [0.15, 0.2) is 11.5 Å². The molecular formula is C18H23N3O4. The van der Waals surface area contributed by atoms with Crippen molar-refractivity contribution in [1.29, 1.82) is 0 Å². The molecule has 2 fully saturated rings. The fourth-order valence-corrected chi connectivity index (χ4v) is 3.62. The van der Waals surface area contributed by atoms with Gasteiger partial charge >= 0.3 is 6.03 Å². The second-order valence-electron chi connectivity index (χ2n) is 6.73. The summed E-state index contributed by atoms with van der Waals surface area (Å²) < 4.78 is 11.1. The van der Waals surface area contributed by atoms with Crippen LogP contribution in [0.25, 0.3) is 0 Å². The van der Waals surface area contributed by atoms with Crippen molar-refractivity contribution in [3.8, 4) is 11.5 Å². The monoisotopic (exact) mass is 345 g/mol. The van der Waals surface area contributed by atoms with E-state index in [2.05, 4.69) is 5.32 Å². The molecule has 25 heavy (non-hydrogen) atoms. The lowest BCUT2D eigenvalue weighted by Gasteiger charge is -2.28. The third-order valence-corrected chi connectivity index (χ3v) is 4.93. The van der Waals surface area contributed by atoms with Crippen molar-refractivity contribution in [2.24, 2.45) is 0 Å². The van der Waals surface area contributed by atoms with Crippen LogP contribution in [0.1, 0.15) is 25.7 Å². The summed E-state index contributed by atoms with van der Waals surface area (Å²) in [6.45, 7) is 3.15. The summed E-state index contributed by atoms with van der Waals surface area (Å²) in [4.78, 5) is 28.3. The minimum Gasteiger partial charge on any atom is -0.486 e. The predicted octanol–water partition coefficient (Wildman–Crippen LogP) is 1.76. The molecule has 3 aliphatic rings. The average molecular weight is 345 g/mol. The molecule has 0 bridgehead atoms. The van der Waals surface area contributed by atoms with Crippen LogP contribution in [0.3, 0.4) is 0 Å². The number of urea groups is 1. The van der Waals surface area contributed by atoms with Crippen LogP contribution in [0.2, 0.25) is 0 Å². The van der Waals surface area contributed by atoms with Crippen molar-refractivity contribution >= 4 is 17.6 Å². The summed E-state index contributed by atoms with van der Waals surface area (Å²) in [5, 5.41) is 3.01. The van der Waals surface area contributed by atoms with Crippen LogP contribution in [-0.4, -0.2) is 55.7 Å². The first-order valence-corrected chi connectivity index (χ1v) is 8.96. The lowest BCUT2D eigenvalue weighted by Crippen LogP contribution is -2.47. The van der Waals surface area contributed by atoms with Crippen molar-refractivity contribution in [2.75, 3.05) is 37.7 Å². The van der Waals surface area contributed by atoms with Gasteiger partial charge in [0.1, 0.15) is 13.2 Å². The van der Waals surface area contributed by atoms with Gasteiger partial charge in [0.05, 0.1) is 6.04 Å². The predicted molar refractivity (Wildman–Crippen MR) is 92.1 cm³/mol. The molecule has 134 valence electrons. The molecule has 0 aliphatic carbocycles. The molecule has 4 rings (SSSR count). The standard InChI is InChI=1S/C18H23N3O4/c22-17-10-13(19-18(23)20-6-2-1-3-7-20)12-21(17)14-4-5-15-16(11-14)25-9-8-24-15/h4-5,11,13H,1-3,6-10,12H2,(H,19,23)/t13-/m1/s1. The molecule has 0 saturated carbocycles. The van der Waals surface area contributed by atoms with Crippen LogP contribution in [0, 0.1) is 0 Å². The van der Waals surface area contributed by atoms with E-state index in [1.54, 1.807) is 4.90 Å². The van der Waals surface area contributed by atoms with Gasteiger partial charge < -0.3 is 24.6 Å². The molecule has 3 heterocycles. The second kappa shape index (κ2) is 6.82. The van der Waals surface area contributed by atoms with Crippen LogP contribution < -0.4 is 19.7 Å². The number of carbonyl (C=O) groups excluding carboxylic acids is 2. The van der Waals surface area contributed by atoms with Crippen molar-refractivity contribution in [3.63, 3.8) is 0 Å². The normalized spacial score (nSPS) is 22.9. The lowest BCUT2D eigenvalue weighted by molar-refractivity contribution is -0.117. The SMILES string of the molecule is O=C(N[C@@H]1CC(=O)N(c2ccc3c(c2)OCCO3)C1)N1CCCCC1. The zero-order valence-electron chi connectivity index (χ0n) is 14.2. The molecule has 1 atom stereocenters. The van der Waals surface area contributed by atoms with Crippen molar-refractivity contribution in [2.45, 2.75) is 31.7 Å². The molecule has 3 amide bonds. The zero-order valence-corrected chi connectivity index (χ0v) is 14.2. The molecule has 0 spiro atoms. The van der Waals surface area contributed by atoms with E-state index in [-0.39, 0.29) is 18.0 Å². The van der Waals surface area contributed by atoms with Gasteiger partial charge in [-0.05, 0) is 31.4 Å². The highest BCUT2D eigenvalue weighted by Gasteiger charge is 2.33. The largest absolute Gasteiger partial charge is 0.486 e. The molecule has 3 aliphatic heterocycles. The Bertz CT molecular complexity index is 672. The molecule has 0 aromatic heterocycles. The van der Waals surface area contributed by atoms with Gasteiger partial charge in [-0.3, -0.25) is 4.79 Å². The quantitative estimate of drug-likeness (QED) is 0.887. The summed E-state index contributed by atoms with van der Waals surface area (Å²) in [5.74, 6) is 1.38. The Morgan fingerprint density at radius 3 is 2.64 bits per heavy atom. The van der Waals surface area contributed by atoms with E-state index in [0.29, 0.717) is 37.7 Å². The van der Waals surface area contributed by atoms with E-state index in [4.69, 9.17) is 9.47 Å². The highest BCUT2D eigenvalue weighted by atomic mass is 16.6. The van der Waals surface area contributed by atoms with Gasteiger partial charge in [-0.1, -0.05) is 0 Å². The first-order valence-electron chi connectivity index (χ1n) is 8.96. The van der Waals surface area contributed by atoms with Gasteiger partial charge in [0.25, 0.3) is 0 Å². The lowest BCUT2D eigenvalue weighted by atomic mass is 10.1.